The number of carbonyl (C=O) groups excluding carboxylic acids is 2. The highest BCUT2D eigenvalue weighted by Gasteiger charge is 2.34. The summed E-state index contributed by atoms with van der Waals surface area (Å²) < 4.78 is 11.6. The van der Waals surface area contributed by atoms with Crippen LogP contribution in [-0.2, 0) is 25.7 Å². The van der Waals surface area contributed by atoms with Crippen LogP contribution in [0.5, 0.6) is 0 Å². The minimum absolute atomic E-state index is 0.0814. The van der Waals surface area contributed by atoms with E-state index in [1.54, 1.807) is 13.8 Å². The maximum absolute atomic E-state index is 13.3. The zero-order chi connectivity index (χ0) is 28.6. The lowest BCUT2D eigenvalue weighted by Crippen LogP contribution is -2.57. The van der Waals surface area contributed by atoms with Crippen LogP contribution in [0, 0.1) is 5.92 Å². The van der Waals surface area contributed by atoms with Crippen molar-refractivity contribution in [1.29, 1.82) is 0 Å². The van der Waals surface area contributed by atoms with Crippen LogP contribution in [0.25, 0.3) is 11.1 Å². The number of alkyl carbamates (subject to hydrolysis) is 1. The molecule has 3 N–H and O–H groups in total. The molecule has 0 aliphatic heterocycles. The Labute approximate surface area is 234 Å². The fourth-order valence-electron chi connectivity index (χ4n) is 4.99. The molecular weight excluding hydrogens is 508 g/mol. The van der Waals surface area contributed by atoms with E-state index in [4.69, 9.17) is 9.47 Å². The summed E-state index contributed by atoms with van der Waals surface area (Å²) in [6.07, 6.45) is -0.999. The van der Waals surface area contributed by atoms with E-state index in [2.05, 4.69) is 22.8 Å². The van der Waals surface area contributed by atoms with E-state index in [0.717, 1.165) is 27.8 Å². The molecule has 4 rings (SSSR count). The zero-order valence-electron chi connectivity index (χ0n) is 23.0. The maximum Gasteiger partial charge on any atom is 0.407 e. The number of carbonyl (C=O) groups is 3. The second-order valence-corrected chi connectivity index (χ2v) is 10.2. The van der Waals surface area contributed by atoms with Gasteiger partial charge in [0.2, 0.25) is 5.91 Å². The van der Waals surface area contributed by atoms with Crippen molar-refractivity contribution >= 4 is 18.0 Å². The van der Waals surface area contributed by atoms with Gasteiger partial charge in [0.1, 0.15) is 18.7 Å². The third-order valence-electron chi connectivity index (χ3n) is 7.50. The lowest BCUT2D eigenvalue weighted by Gasteiger charge is -2.28. The van der Waals surface area contributed by atoms with Gasteiger partial charge in [0.05, 0.1) is 12.7 Å². The Kier molecular flexibility index (Phi) is 9.56. The molecule has 0 bridgehead atoms. The summed E-state index contributed by atoms with van der Waals surface area (Å²) in [6, 6.07) is 23.2. The average Bonchev–Trinajstić information content (AvgIpc) is 3.29. The first kappa shape index (κ1) is 28.8. The van der Waals surface area contributed by atoms with E-state index < -0.39 is 36.2 Å². The molecule has 1 aliphatic carbocycles. The van der Waals surface area contributed by atoms with E-state index in [9.17, 15) is 19.5 Å². The van der Waals surface area contributed by atoms with Crippen LogP contribution in [0.3, 0.4) is 0 Å². The van der Waals surface area contributed by atoms with Gasteiger partial charge in [-0.25, -0.2) is 9.59 Å². The Hall–Kier alpha value is -4.17. The largest absolute Gasteiger partial charge is 0.480 e. The summed E-state index contributed by atoms with van der Waals surface area (Å²) in [5.74, 6) is -2.24. The minimum Gasteiger partial charge on any atom is -0.480 e. The average molecular weight is 545 g/mol. The quantitative estimate of drug-likeness (QED) is 0.292. The van der Waals surface area contributed by atoms with Gasteiger partial charge in [0.15, 0.2) is 0 Å². The summed E-state index contributed by atoms with van der Waals surface area (Å²) >= 11 is 0. The second-order valence-electron chi connectivity index (χ2n) is 10.2. The molecule has 1 aliphatic rings. The highest BCUT2D eigenvalue weighted by atomic mass is 16.5. The first-order valence-electron chi connectivity index (χ1n) is 13.6. The number of hydrogen-bond acceptors (Lipinski definition) is 5. The Morgan fingerprint density at radius 3 is 1.98 bits per heavy atom. The standard InChI is InChI=1S/C32H36N2O6/c1-4-20(2)28(31(36)37)33-30(35)29(21(3)39-18-22-12-6-5-7-13-22)34-32(38)40-19-27-25-16-10-8-14-23(25)24-15-9-11-17-26(24)27/h5-17,20-21,27-29H,4,18-19H2,1-3H3,(H,33,35)(H,34,38)(H,36,37)/t20-,21?,28-,29?/m0/s1. The number of rotatable bonds is 12. The minimum atomic E-state index is -1.18. The van der Waals surface area contributed by atoms with Crippen molar-refractivity contribution in [2.75, 3.05) is 6.61 Å². The normalized spacial score (nSPS) is 15.2. The second kappa shape index (κ2) is 13.3. The van der Waals surface area contributed by atoms with Crippen LogP contribution in [0.15, 0.2) is 78.9 Å². The van der Waals surface area contributed by atoms with E-state index in [1.165, 1.54) is 0 Å². The molecule has 4 atom stereocenters. The van der Waals surface area contributed by atoms with Crippen LogP contribution < -0.4 is 10.6 Å². The van der Waals surface area contributed by atoms with Gasteiger partial charge in [-0.15, -0.1) is 0 Å². The molecule has 2 amide bonds. The van der Waals surface area contributed by atoms with Crippen molar-refractivity contribution in [3.63, 3.8) is 0 Å². The van der Waals surface area contributed by atoms with Gasteiger partial charge < -0.3 is 25.2 Å². The highest BCUT2D eigenvalue weighted by molar-refractivity contribution is 5.90. The number of amides is 2. The molecule has 0 radical (unpaired) electrons. The predicted molar refractivity (Wildman–Crippen MR) is 152 cm³/mol. The Bertz CT molecular complexity index is 1280. The van der Waals surface area contributed by atoms with Gasteiger partial charge in [-0.2, -0.15) is 0 Å². The molecule has 0 saturated heterocycles. The van der Waals surface area contributed by atoms with Gasteiger partial charge in [0, 0.05) is 5.92 Å². The van der Waals surface area contributed by atoms with Gasteiger partial charge in [0.25, 0.3) is 0 Å². The molecule has 210 valence electrons. The van der Waals surface area contributed by atoms with Gasteiger partial charge in [-0.3, -0.25) is 4.79 Å². The van der Waals surface area contributed by atoms with Crippen LogP contribution in [0.2, 0.25) is 0 Å². The monoisotopic (exact) mass is 544 g/mol. The Balaban J connectivity index is 1.47. The molecule has 0 spiro atoms. The first-order chi connectivity index (χ1) is 19.3. The molecule has 0 heterocycles. The number of aliphatic carboxylic acids is 1. The molecule has 8 nitrogen and oxygen atoms in total. The highest BCUT2D eigenvalue weighted by Crippen LogP contribution is 2.44. The SMILES string of the molecule is CC[C@H](C)[C@H](NC(=O)C(NC(=O)OCC1c2ccccc2-c2ccccc21)C(C)OCc1ccccc1)C(=O)O. The Morgan fingerprint density at radius 1 is 0.825 bits per heavy atom. The van der Waals surface area contributed by atoms with Gasteiger partial charge in [-0.1, -0.05) is 99.1 Å². The summed E-state index contributed by atoms with van der Waals surface area (Å²) in [7, 11) is 0. The number of fused-ring (bicyclic) bond motifs is 3. The third-order valence-corrected chi connectivity index (χ3v) is 7.50. The molecule has 0 fully saturated rings. The van der Waals surface area contributed by atoms with Gasteiger partial charge >= 0.3 is 12.1 Å². The molecule has 0 aromatic heterocycles. The van der Waals surface area contributed by atoms with Crippen LogP contribution in [0.4, 0.5) is 4.79 Å². The van der Waals surface area contributed by atoms with E-state index in [0.29, 0.717) is 6.42 Å². The number of carboxylic acids is 1. The van der Waals surface area contributed by atoms with E-state index in [-0.39, 0.29) is 25.0 Å². The van der Waals surface area contributed by atoms with Crippen molar-refractivity contribution in [3.8, 4) is 11.1 Å². The molecule has 3 aromatic rings. The fraction of sp³-hybridized carbons (Fsp3) is 0.344. The van der Waals surface area contributed by atoms with Crippen molar-refractivity contribution in [1.82, 2.24) is 10.6 Å². The summed E-state index contributed by atoms with van der Waals surface area (Å²) in [5, 5.41) is 14.9. The number of nitrogens with one attached hydrogen (secondary N) is 2. The molecule has 8 heteroatoms. The number of benzene rings is 3. The maximum atomic E-state index is 13.3. The fourth-order valence-corrected chi connectivity index (χ4v) is 4.99. The molecule has 3 aromatic carbocycles. The smallest absolute Gasteiger partial charge is 0.407 e. The van der Waals surface area contributed by atoms with Crippen molar-refractivity contribution < 1.29 is 29.0 Å². The topological polar surface area (TPSA) is 114 Å². The van der Waals surface area contributed by atoms with E-state index in [1.807, 2.05) is 73.7 Å². The lowest BCUT2D eigenvalue weighted by atomic mass is 9.98. The molecule has 0 saturated carbocycles. The van der Waals surface area contributed by atoms with Crippen molar-refractivity contribution in [3.05, 3.63) is 95.6 Å². The number of ether oxygens (including phenoxy) is 2. The first-order valence-corrected chi connectivity index (χ1v) is 13.6. The summed E-state index contributed by atoms with van der Waals surface area (Å²) in [4.78, 5) is 38.2. The summed E-state index contributed by atoms with van der Waals surface area (Å²) in [5.41, 5.74) is 5.26. The number of carboxylic acid groups (broad SMARTS) is 1. The molecule has 40 heavy (non-hydrogen) atoms. The zero-order valence-corrected chi connectivity index (χ0v) is 23.0. The van der Waals surface area contributed by atoms with Crippen molar-refractivity contribution in [2.24, 2.45) is 5.92 Å². The van der Waals surface area contributed by atoms with Crippen molar-refractivity contribution in [2.45, 2.75) is 57.9 Å². The predicted octanol–water partition coefficient (Wildman–Crippen LogP) is 5.11. The lowest BCUT2D eigenvalue weighted by molar-refractivity contribution is -0.144. The molecular formula is C32H36N2O6. The van der Waals surface area contributed by atoms with Crippen LogP contribution >= 0.6 is 0 Å². The third kappa shape index (κ3) is 6.69. The van der Waals surface area contributed by atoms with E-state index >= 15 is 0 Å². The van der Waals surface area contributed by atoms with Crippen LogP contribution in [0.1, 0.15) is 49.8 Å². The van der Waals surface area contributed by atoms with Gasteiger partial charge in [-0.05, 0) is 40.7 Å². The molecule has 2 unspecified atom stereocenters. The summed E-state index contributed by atoms with van der Waals surface area (Å²) in [6.45, 7) is 5.56. The Morgan fingerprint density at radius 2 is 1.40 bits per heavy atom. The van der Waals surface area contributed by atoms with Crippen LogP contribution in [-0.4, -0.2) is 47.9 Å². The number of hydrogen-bond donors (Lipinski definition) is 3.